The Balaban J connectivity index is 1.62. The van der Waals surface area contributed by atoms with Crippen molar-refractivity contribution < 1.29 is 13.2 Å². The molecule has 3 heterocycles. The van der Waals surface area contributed by atoms with Gasteiger partial charge in [0, 0.05) is 16.2 Å². The van der Waals surface area contributed by atoms with Crippen LogP contribution in [0.15, 0.2) is 87.9 Å². The van der Waals surface area contributed by atoms with Crippen molar-refractivity contribution in [2.24, 2.45) is 0 Å². The minimum atomic E-state index is -0.484. The molecular weight excluding hydrogens is 496 g/mol. The molecule has 4 nitrogen and oxygen atoms in total. The lowest BCUT2D eigenvalue weighted by atomic mass is 10.0. The molecule has 0 amide bonds. The molecule has 0 spiro atoms. The maximum absolute atomic E-state index is 14.8. The van der Waals surface area contributed by atoms with Gasteiger partial charge in [0.25, 0.3) is 0 Å². The van der Waals surface area contributed by atoms with Gasteiger partial charge in [0.05, 0.1) is 17.4 Å². The fraction of sp³-hybridized carbons (Fsp3) is 0.0833. The van der Waals surface area contributed by atoms with Crippen molar-refractivity contribution in [3.63, 3.8) is 0 Å². The van der Waals surface area contributed by atoms with E-state index in [0.29, 0.717) is 32.4 Å². The van der Waals surface area contributed by atoms with Crippen LogP contribution >= 0.6 is 28.1 Å². The van der Waals surface area contributed by atoms with E-state index in [2.05, 4.69) is 26.2 Å². The SMILES string of the molecule is Fc1ccc(-c2ccc([C@H]3[C@H](c4ccccn4)NC(=S)N3c3ccccc3F)o2)c(Br)c1. The van der Waals surface area contributed by atoms with E-state index in [4.69, 9.17) is 16.6 Å². The highest BCUT2D eigenvalue weighted by Gasteiger charge is 2.43. The van der Waals surface area contributed by atoms with Crippen LogP contribution < -0.4 is 10.2 Å². The number of hydrogen-bond acceptors (Lipinski definition) is 3. The first-order valence-corrected chi connectivity index (χ1v) is 11.0. The minimum Gasteiger partial charge on any atom is -0.459 e. The smallest absolute Gasteiger partial charge is 0.174 e. The lowest BCUT2D eigenvalue weighted by molar-refractivity contribution is 0.437. The van der Waals surface area contributed by atoms with E-state index in [1.54, 1.807) is 35.4 Å². The maximum Gasteiger partial charge on any atom is 0.174 e. The lowest BCUT2D eigenvalue weighted by Gasteiger charge is -2.26. The summed E-state index contributed by atoms with van der Waals surface area (Å²) in [6.07, 6.45) is 1.70. The van der Waals surface area contributed by atoms with Crippen LogP contribution in [0, 0.1) is 11.6 Å². The molecule has 0 aliphatic carbocycles. The topological polar surface area (TPSA) is 41.3 Å². The summed E-state index contributed by atoms with van der Waals surface area (Å²) in [7, 11) is 0. The molecule has 32 heavy (non-hydrogen) atoms. The van der Waals surface area contributed by atoms with E-state index in [0.717, 1.165) is 5.69 Å². The number of aromatic nitrogens is 1. The number of rotatable bonds is 4. The lowest BCUT2D eigenvalue weighted by Crippen LogP contribution is -2.30. The van der Waals surface area contributed by atoms with E-state index in [1.807, 2.05) is 30.3 Å². The molecule has 2 aromatic carbocycles. The molecule has 1 aliphatic rings. The monoisotopic (exact) mass is 511 g/mol. The largest absolute Gasteiger partial charge is 0.459 e. The maximum atomic E-state index is 14.8. The van der Waals surface area contributed by atoms with Crippen molar-refractivity contribution in [2.45, 2.75) is 12.1 Å². The fourth-order valence-electron chi connectivity index (χ4n) is 3.90. The van der Waals surface area contributed by atoms with Crippen molar-refractivity contribution in [1.29, 1.82) is 0 Å². The summed E-state index contributed by atoms with van der Waals surface area (Å²) in [5, 5.41) is 3.64. The van der Waals surface area contributed by atoms with Gasteiger partial charge in [0.15, 0.2) is 5.11 Å². The number of benzene rings is 2. The van der Waals surface area contributed by atoms with Crippen molar-refractivity contribution in [1.82, 2.24) is 10.3 Å². The number of anilines is 1. The Morgan fingerprint density at radius 3 is 2.56 bits per heavy atom. The van der Waals surface area contributed by atoms with Crippen molar-refractivity contribution in [3.8, 4) is 11.3 Å². The summed E-state index contributed by atoms with van der Waals surface area (Å²) in [6.45, 7) is 0. The number of nitrogens with zero attached hydrogens (tertiary/aromatic N) is 2. The number of halogens is 3. The Hall–Kier alpha value is -3.10. The van der Waals surface area contributed by atoms with Gasteiger partial charge in [-0.2, -0.15) is 0 Å². The Bertz CT molecular complexity index is 1300. The molecule has 1 saturated heterocycles. The molecule has 1 N–H and O–H groups in total. The second-order valence-corrected chi connectivity index (χ2v) is 8.52. The first kappa shape index (κ1) is 20.8. The van der Waals surface area contributed by atoms with E-state index in [-0.39, 0.29) is 11.9 Å². The third-order valence-corrected chi connectivity index (χ3v) is 6.30. The molecule has 4 aromatic rings. The van der Waals surface area contributed by atoms with E-state index >= 15 is 0 Å². The van der Waals surface area contributed by atoms with Crippen LogP contribution in [-0.4, -0.2) is 10.1 Å². The zero-order valence-corrected chi connectivity index (χ0v) is 18.9. The number of nitrogens with one attached hydrogen (secondary N) is 1. The minimum absolute atomic E-state index is 0.342. The number of thiocarbonyl (C=S) groups is 1. The van der Waals surface area contributed by atoms with Crippen molar-refractivity contribution >= 4 is 38.9 Å². The molecule has 1 fully saturated rings. The highest BCUT2D eigenvalue weighted by Crippen LogP contribution is 2.44. The molecule has 8 heteroatoms. The Kier molecular flexibility index (Phi) is 5.48. The summed E-state index contributed by atoms with van der Waals surface area (Å²) < 4.78 is 35.1. The molecule has 2 aromatic heterocycles. The summed E-state index contributed by atoms with van der Waals surface area (Å²) in [4.78, 5) is 6.19. The van der Waals surface area contributed by atoms with E-state index in [9.17, 15) is 8.78 Å². The molecule has 0 saturated carbocycles. The second-order valence-electron chi connectivity index (χ2n) is 7.27. The Morgan fingerprint density at radius 2 is 1.81 bits per heavy atom. The Labute approximate surface area is 197 Å². The van der Waals surface area contributed by atoms with Crippen LogP contribution in [0.4, 0.5) is 14.5 Å². The standard InChI is InChI=1S/C24H16BrF2N3OS/c25-16-13-14(26)8-9-15(16)20-10-11-21(31-20)23-22(18-6-3-4-12-28-18)29-24(32)30(23)19-7-2-1-5-17(19)27/h1-13,22-23H,(H,29,32)/t22-,23-/m0/s1. The van der Waals surface area contributed by atoms with E-state index < -0.39 is 11.9 Å². The van der Waals surface area contributed by atoms with Gasteiger partial charge in [-0.1, -0.05) is 18.2 Å². The third kappa shape index (κ3) is 3.69. The summed E-state index contributed by atoms with van der Waals surface area (Å²) in [6, 6.07) is 19.3. The molecule has 1 aliphatic heterocycles. The number of furan rings is 1. The molecule has 0 bridgehead atoms. The second kappa shape index (κ2) is 8.44. The number of pyridine rings is 1. The summed E-state index contributed by atoms with van der Waals surface area (Å²) in [5.74, 6) is 0.385. The predicted octanol–water partition coefficient (Wildman–Crippen LogP) is 6.56. The molecule has 5 rings (SSSR count). The molecule has 0 unspecified atom stereocenters. The fourth-order valence-corrected chi connectivity index (χ4v) is 4.78. The van der Waals surface area contributed by atoms with Crippen LogP contribution in [0.2, 0.25) is 0 Å². The zero-order chi connectivity index (χ0) is 22.2. The predicted molar refractivity (Wildman–Crippen MR) is 126 cm³/mol. The van der Waals surface area contributed by atoms with Gasteiger partial charge in [0.2, 0.25) is 0 Å². The molecular formula is C24H16BrF2N3OS. The van der Waals surface area contributed by atoms with Crippen molar-refractivity contribution in [3.05, 3.63) is 107 Å². The molecule has 0 radical (unpaired) electrons. The average Bonchev–Trinajstić information content (AvgIpc) is 3.39. The van der Waals surface area contributed by atoms with E-state index in [1.165, 1.54) is 18.2 Å². The number of para-hydroxylation sites is 1. The summed E-state index contributed by atoms with van der Waals surface area (Å²) in [5.41, 5.74) is 1.80. The van der Waals surface area contributed by atoms with Gasteiger partial charge in [-0.25, -0.2) is 8.78 Å². The van der Waals surface area contributed by atoms with Crippen LogP contribution in [0.25, 0.3) is 11.3 Å². The Morgan fingerprint density at radius 1 is 1.00 bits per heavy atom. The van der Waals surface area contributed by atoms with Crippen molar-refractivity contribution in [2.75, 3.05) is 4.90 Å². The highest BCUT2D eigenvalue weighted by molar-refractivity contribution is 9.10. The van der Waals surface area contributed by atoms with Gasteiger partial charge in [0.1, 0.15) is 29.2 Å². The third-order valence-electron chi connectivity index (χ3n) is 5.32. The quantitative estimate of drug-likeness (QED) is 0.314. The van der Waals surface area contributed by atoms with Gasteiger partial charge < -0.3 is 14.6 Å². The van der Waals surface area contributed by atoms with Gasteiger partial charge in [-0.3, -0.25) is 4.98 Å². The van der Waals surface area contributed by atoms with Gasteiger partial charge in [-0.05, 0) is 82.7 Å². The zero-order valence-electron chi connectivity index (χ0n) is 16.5. The summed E-state index contributed by atoms with van der Waals surface area (Å²) >= 11 is 8.99. The normalized spacial score (nSPS) is 18.1. The van der Waals surface area contributed by atoms with Crippen LogP contribution in [0.3, 0.4) is 0 Å². The molecule has 2 atom stereocenters. The van der Waals surface area contributed by atoms with Gasteiger partial charge in [-0.15, -0.1) is 0 Å². The van der Waals surface area contributed by atoms with Crippen LogP contribution in [0.5, 0.6) is 0 Å². The van der Waals surface area contributed by atoms with Crippen LogP contribution in [-0.2, 0) is 0 Å². The van der Waals surface area contributed by atoms with Gasteiger partial charge >= 0.3 is 0 Å². The average molecular weight is 512 g/mol. The highest BCUT2D eigenvalue weighted by atomic mass is 79.9. The first-order chi connectivity index (χ1) is 15.5. The van der Waals surface area contributed by atoms with Crippen LogP contribution in [0.1, 0.15) is 23.5 Å². The first-order valence-electron chi connectivity index (χ1n) is 9.83. The molecule has 160 valence electrons. The number of hydrogen-bond donors (Lipinski definition) is 1.